The number of rotatable bonds is 11. The van der Waals surface area contributed by atoms with Crippen LogP contribution in [0.2, 0.25) is 0 Å². The summed E-state index contributed by atoms with van der Waals surface area (Å²) in [5, 5.41) is 38.6. The van der Waals surface area contributed by atoms with Gasteiger partial charge in [0.2, 0.25) is 0 Å². The molecular weight excluding hydrogens is 894 g/mol. The molecule has 0 heterocycles. The molecule has 3 radical (unpaired) electrons. The molecule has 0 spiro atoms. The smallest absolute Gasteiger partial charge is 0.296 e. The average molecular weight is 922 g/mol. The molecule has 18 nitrogen and oxygen atoms in total. The maximum atomic E-state index is 12.5. The number of nitrogens with zero attached hydrogens (tertiary/aromatic N) is 6. The van der Waals surface area contributed by atoms with Gasteiger partial charge in [-0.2, -0.15) is 40.6 Å². The SMILES string of the molecule is Nc1c(N=Nc2ccc(N=Nc3ccc(Nc4ccccc4)c4c(S(=O)(=O)O)cccc34)cc2)c(S(=O)(=O)O)cc2cc(S(=O)(=O)O)c(N=Nc3ccccc3)c(O)c12.[Na].[Na].[Na]. The molecule has 0 unspecified atom stereocenters. The number of phenols is 1. The minimum absolute atomic E-state index is 0. The molecule has 0 saturated carbocycles. The normalized spacial score (nSPS) is 12.0. The van der Waals surface area contributed by atoms with Gasteiger partial charge in [0.25, 0.3) is 30.4 Å². The van der Waals surface area contributed by atoms with Crippen molar-refractivity contribution in [2.45, 2.75) is 14.7 Å². The van der Waals surface area contributed by atoms with E-state index in [4.69, 9.17) is 5.73 Å². The summed E-state index contributed by atoms with van der Waals surface area (Å²) in [5.41, 5.74) is 6.46. The van der Waals surface area contributed by atoms with E-state index in [1.54, 1.807) is 60.7 Å². The first-order valence-electron chi connectivity index (χ1n) is 16.8. The van der Waals surface area contributed by atoms with Crippen molar-refractivity contribution in [3.05, 3.63) is 127 Å². The largest absolute Gasteiger partial charge is 0.505 e. The molecule has 7 rings (SSSR count). The van der Waals surface area contributed by atoms with Gasteiger partial charge < -0.3 is 16.2 Å². The van der Waals surface area contributed by atoms with Crippen molar-refractivity contribution >= 4 is 192 Å². The number of phenolic OH excluding ortho intramolecular Hbond substituents is 1. The predicted molar refractivity (Wildman–Crippen MR) is 236 cm³/mol. The fourth-order valence-corrected chi connectivity index (χ4v) is 8.01. The molecule has 7 aromatic carbocycles. The van der Waals surface area contributed by atoms with Crippen LogP contribution in [0, 0.1) is 0 Å². The van der Waals surface area contributed by atoms with Gasteiger partial charge in [-0.05, 0) is 84.2 Å². The van der Waals surface area contributed by atoms with E-state index in [1.807, 2.05) is 6.07 Å². The van der Waals surface area contributed by atoms with Crippen LogP contribution < -0.4 is 11.1 Å². The molecule has 301 valence electrons. The Labute approximate surface area is 420 Å². The molecule has 62 heavy (non-hydrogen) atoms. The molecule has 0 amide bonds. The van der Waals surface area contributed by atoms with Crippen molar-refractivity contribution in [1.82, 2.24) is 0 Å². The summed E-state index contributed by atoms with van der Waals surface area (Å²) in [6.45, 7) is 0. The van der Waals surface area contributed by atoms with Gasteiger partial charge >= 0.3 is 0 Å². The Morgan fingerprint density at radius 1 is 0.484 bits per heavy atom. The summed E-state index contributed by atoms with van der Waals surface area (Å²) in [6.07, 6.45) is 0. The third kappa shape index (κ3) is 11.4. The zero-order valence-electron chi connectivity index (χ0n) is 32.8. The molecule has 0 saturated heterocycles. The Morgan fingerprint density at radius 2 is 0.968 bits per heavy atom. The van der Waals surface area contributed by atoms with Crippen LogP contribution in [-0.4, -0.2) is 133 Å². The van der Waals surface area contributed by atoms with Crippen LogP contribution in [0.3, 0.4) is 0 Å². The molecule has 7 N–H and O–H groups in total. The monoisotopic (exact) mass is 921 g/mol. The molecule has 0 aliphatic rings. The Bertz CT molecular complexity index is 3240. The molecule has 0 aliphatic heterocycles. The first-order valence-corrected chi connectivity index (χ1v) is 21.1. The van der Waals surface area contributed by atoms with Gasteiger partial charge in [-0.1, -0.05) is 48.5 Å². The minimum atomic E-state index is -5.10. The van der Waals surface area contributed by atoms with Crippen LogP contribution >= 0.6 is 0 Å². The number of hydrogen-bond donors (Lipinski definition) is 6. The van der Waals surface area contributed by atoms with E-state index in [0.29, 0.717) is 22.4 Å². The van der Waals surface area contributed by atoms with Crippen LogP contribution in [-0.2, 0) is 30.4 Å². The Hall–Kier alpha value is -4.01. The Kier molecular flexibility index (Phi) is 16.9. The molecule has 7 aromatic rings. The second-order valence-corrected chi connectivity index (χ2v) is 16.7. The van der Waals surface area contributed by atoms with E-state index in [-0.39, 0.29) is 127 Å². The van der Waals surface area contributed by atoms with E-state index in [1.165, 1.54) is 48.5 Å². The fraction of sp³-hybridized carbons (Fsp3) is 0. The summed E-state index contributed by atoms with van der Waals surface area (Å²) >= 11 is 0. The van der Waals surface area contributed by atoms with Crippen molar-refractivity contribution in [2.75, 3.05) is 11.1 Å². The molecular formula is C38H28N8Na3O10S3. The zero-order chi connectivity index (χ0) is 42.1. The van der Waals surface area contributed by atoms with Gasteiger partial charge in [-0.3, -0.25) is 13.7 Å². The van der Waals surface area contributed by atoms with Gasteiger partial charge in [0.15, 0.2) is 5.75 Å². The quantitative estimate of drug-likeness (QED) is 0.0307. The van der Waals surface area contributed by atoms with Crippen LogP contribution in [0.5, 0.6) is 5.75 Å². The van der Waals surface area contributed by atoms with E-state index in [9.17, 15) is 44.0 Å². The second kappa shape index (κ2) is 20.7. The Morgan fingerprint density at radius 3 is 1.52 bits per heavy atom. The number of azo groups is 3. The standard InChI is InChI=1S/C38H28N8O10S3.3Na/c39-35-33-22(21-32(59(54,55)56)37(38(33)47)46-42-24-10-5-2-6-11-24)20-31(58(51,52)53)36(35)45-43-26-16-14-25(15-17-26)41-44-28-18-19-29(40-23-8-3-1-4-9-23)34-27(28)12-7-13-30(34)57(48,49)50;;;/h1-21,40,47H,39H2,(H,48,49,50)(H,51,52,53)(H,54,55,56);;;. The molecule has 0 aliphatic carbocycles. The average Bonchev–Trinajstić information content (AvgIpc) is 3.19. The number of fused-ring (bicyclic) bond motifs is 2. The van der Waals surface area contributed by atoms with Gasteiger partial charge in [0, 0.05) is 111 Å². The van der Waals surface area contributed by atoms with Gasteiger partial charge in [-0.15, -0.1) is 15.3 Å². The molecule has 0 fully saturated rings. The van der Waals surface area contributed by atoms with E-state index in [0.717, 1.165) is 12.1 Å². The number of hydrogen-bond acceptors (Lipinski definition) is 15. The molecule has 0 aromatic heterocycles. The summed E-state index contributed by atoms with van der Waals surface area (Å²) in [5.74, 6) is -0.899. The van der Waals surface area contributed by atoms with E-state index in [2.05, 4.69) is 36.0 Å². The van der Waals surface area contributed by atoms with Crippen molar-refractivity contribution in [3.8, 4) is 5.75 Å². The van der Waals surface area contributed by atoms with E-state index < -0.39 is 63.0 Å². The number of nitrogens with one attached hydrogen (secondary N) is 1. The van der Waals surface area contributed by atoms with Crippen LogP contribution in [0.25, 0.3) is 21.5 Å². The third-order valence-electron chi connectivity index (χ3n) is 8.59. The van der Waals surface area contributed by atoms with Gasteiger partial charge in [-0.25, -0.2) is 0 Å². The predicted octanol–water partition coefficient (Wildman–Crippen LogP) is 8.87. The number of nitrogen functional groups attached to an aromatic ring is 1. The maximum absolute atomic E-state index is 12.5. The van der Waals surface area contributed by atoms with Crippen molar-refractivity contribution in [3.63, 3.8) is 0 Å². The summed E-state index contributed by atoms with van der Waals surface area (Å²) in [4.78, 5) is -2.16. The van der Waals surface area contributed by atoms with Crippen molar-refractivity contribution in [1.29, 1.82) is 0 Å². The second-order valence-electron chi connectivity index (χ2n) is 12.5. The fourth-order valence-electron chi connectivity index (χ4n) is 5.95. The number of aromatic hydroxyl groups is 1. The first kappa shape index (κ1) is 50.6. The topological polar surface area (TPSA) is 296 Å². The van der Waals surface area contributed by atoms with Crippen LogP contribution in [0.1, 0.15) is 0 Å². The zero-order valence-corrected chi connectivity index (χ0v) is 41.3. The summed E-state index contributed by atoms with van der Waals surface area (Å²) in [6, 6.07) is 32.0. The van der Waals surface area contributed by atoms with Gasteiger partial charge in [0.05, 0.1) is 33.8 Å². The number of anilines is 3. The molecule has 24 heteroatoms. The first-order chi connectivity index (χ1) is 28.0. The number of nitrogens with two attached hydrogens (primary N) is 1. The molecule has 0 atom stereocenters. The number of benzene rings is 7. The van der Waals surface area contributed by atoms with Crippen molar-refractivity contribution < 1.29 is 44.0 Å². The number of para-hydroxylation sites is 1. The van der Waals surface area contributed by atoms with Crippen LogP contribution in [0.15, 0.2) is 173 Å². The summed E-state index contributed by atoms with van der Waals surface area (Å²) < 4.78 is 104. The maximum Gasteiger partial charge on any atom is 0.296 e. The third-order valence-corrected chi connectivity index (χ3v) is 11.2. The van der Waals surface area contributed by atoms with Crippen molar-refractivity contribution in [2.24, 2.45) is 30.7 Å². The van der Waals surface area contributed by atoms with Crippen LogP contribution in [0.4, 0.5) is 51.2 Å². The van der Waals surface area contributed by atoms with E-state index >= 15 is 0 Å². The Balaban J connectivity index is 0.00000282. The summed E-state index contributed by atoms with van der Waals surface area (Å²) in [7, 11) is -14.8. The molecule has 0 bridgehead atoms. The van der Waals surface area contributed by atoms with Gasteiger partial charge in [0.1, 0.15) is 26.1 Å². The minimum Gasteiger partial charge on any atom is -0.505 e.